The minimum atomic E-state index is -0.850. The van der Waals surface area contributed by atoms with Crippen LogP contribution >= 0.6 is 0 Å². The number of aliphatic hydroxyl groups is 1. The Morgan fingerprint density at radius 3 is 2.02 bits per heavy atom. The number of nitrogens with one attached hydrogen (secondary N) is 3. The topological polar surface area (TPSA) is 103 Å². The molecule has 0 bridgehead atoms. The lowest BCUT2D eigenvalue weighted by Gasteiger charge is -2.26. The Hall–Kier alpha value is -4.33. The van der Waals surface area contributed by atoms with E-state index in [0.717, 1.165) is 22.4 Å². The Bertz CT molecular complexity index is 1410. The Morgan fingerprint density at radius 1 is 0.780 bits per heavy atom. The van der Waals surface area contributed by atoms with E-state index in [4.69, 9.17) is 0 Å². The molecule has 0 saturated heterocycles. The van der Waals surface area contributed by atoms with Gasteiger partial charge in [0.1, 0.15) is 0 Å². The predicted molar refractivity (Wildman–Crippen MR) is 162 cm³/mol. The largest absolute Gasteiger partial charge is 0.390 e. The molecule has 2 amide bonds. The quantitative estimate of drug-likeness (QED) is 0.200. The van der Waals surface area contributed by atoms with E-state index in [1.54, 1.807) is 24.4 Å². The van der Waals surface area contributed by atoms with Gasteiger partial charge < -0.3 is 21.1 Å². The standard InChI is InChI=1S/C34H38N4O3/c1-23-18-28(33(40)37-25(3)30-16-10-11-17-35-30)21-29(19-23)34(41)38-31(20-26-12-6-4-7-13-26)32(39)22-36-24(2)27-14-8-5-9-15-27/h4-19,21,24-25,31-32,36,39H,20,22H2,1-3H3,(H,37,40)(H,38,41)/t24-,25?,31-,32+/m0/s1. The fourth-order valence-corrected chi connectivity index (χ4v) is 4.73. The summed E-state index contributed by atoms with van der Waals surface area (Å²) in [6.07, 6.45) is 1.29. The number of nitrogens with zero attached hydrogens (tertiary/aromatic N) is 1. The van der Waals surface area contributed by atoms with Crippen LogP contribution in [-0.2, 0) is 6.42 Å². The Morgan fingerprint density at radius 2 is 1.39 bits per heavy atom. The first-order valence-electron chi connectivity index (χ1n) is 13.9. The van der Waals surface area contributed by atoms with Gasteiger partial charge in [-0.15, -0.1) is 0 Å². The van der Waals surface area contributed by atoms with Crippen molar-refractivity contribution in [2.75, 3.05) is 6.54 Å². The highest BCUT2D eigenvalue weighted by atomic mass is 16.3. The van der Waals surface area contributed by atoms with E-state index in [2.05, 4.69) is 20.9 Å². The molecule has 1 unspecified atom stereocenters. The average molecular weight is 551 g/mol. The molecule has 1 heterocycles. The molecule has 1 aromatic heterocycles. The van der Waals surface area contributed by atoms with E-state index in [0.29, 0.717) is 24.1 Å². The van der Waals surface area contributed by atoms with Gasteiger partial charge in [-0.3, -0.25) is 14.6 Å². The molecule has 0 aliphatic carbocycles. The number of aromatic nitrogens is 1. The molecule has 0 fully saturated rings. The summed E-state index contributed by atoms with van der Waals surface area (Å²) in [5.74, 6) is -0.641. The first-order valence-corrected chi connectivity index (χ1v) is 13.9. The van der Waals surface area contributed by atoms with E-state index < -0.39 is 12.1 Å². The van der Waals surface area contributed by atoms with Gasteiger partial charge >= 0.3 is 0 Å². The van der Waals surface area contributed by atoms with Crippen LogP contribution in [0.25, 0.3) is 0 Å². The maximum Gasteiger partial charge on any atom is 0.251 e. The maximum absolute atomic E-state index is 13.5. The number of benzene rings is 3. The van der Waals surface area contributed by atoms with Crippen molar-refractivity contribution in [3.05, 3.63) is 137 Å². The Kier molecular flexibility index (Phi) is 10.4. The van der Waals surface area contributed by atoms with Gasteiger partial charge in [0.25, 0.3) is 11.8 Å². The second-order valence-electron chi connectivity index (χ2n) is 10.4. The summed E-state index contributed by atoms with van der Waals surface area (Å²) in [6.45, 7) is 6.05. The Labute approximate surface area is 242 Å². The number of carbonyl (C=O) groups excluding carboxylic acids is 2. The zero-order valence-corrected chi connectivity index (χ0v) is 23.7. The fraction of sp³-hybridized carbons (Fsp3) is 0.265. The van der Waals surface area contributed by atoms with Crippen LogP contribution in [0, 0.1) is 6.92 Å². The molecular formula is C34H38N4O3. The molecule has 7 heteroatoms. The van der Waals surface area contributed by atoms with Crippen LogP contribution in [0.4, 0.5) is 0 Å². The monoisotopic (exact) mass is 550 g/mol. The van der Waals surface area contributed by atoms with E-state index >= 15 is 0 Å². The lowest BCUT2D eigenvalue weighted by atomic mass is 9.99. The van der Waals surface area contributed by atoms with Gasteiger partial charge in [0.05, 0.1) is 23.9 Å². The van der Waals surface area contributed by atoms with Crippen LogP contribution in [0.2, 0.25) is 0 Å². The summed E-state index contributed by atoms with van der Waals surface area (Å²) in [5, 5.41) is 20.6. The Balaban J connectivity index is 1.47. The number of hydrogen-bond acceptors (Lipinski definition) is 5. The molecule has 4 atom stereocenters. The highest BCUT2D eigenvalue weighted by Crippen LogP contribution is 2.16. The van der Waals surface area contributed by atoms with Crippen molar-refractivity contribution in [1.82, 2.24) is 20.9 Å². The summed E-state index contributed by atoms with van der Waals surface area (Å²) in [5.41, 5.74) is 4.39. The van der Waals surface area contributed by atoms with E-state index in [1.807, 2.05) is 99.6 Å². The molecule has 4 N–H and O–H groups in total. The van der Waals surface area contributed by atoms with Crippen LogP contribution in [0.15, 0.2) is 103 Å². The number of aryl methyl sites for hydroxylation is 1. The van der Waals surface area contributed by atoms with Crippen LogP contribution in [0.5, 0.6) is 0 Å². The van der Waals surface area contributed by atoms with Crippen LogP contribution in [-0.4, -0.2) is 40.6 Å². The fourth-order valence-electron chi connectivity index (χ4n) is 4.73. The molecule has 4 aromatic rings. The molecule has 212 valence electrons. The zero-order chi connectivity index (χ0) is 29.2. The van der Waals surface area contributed by atoms with Gasteiger partial charge in [-0.2, -0.15) is 0 Å². The van der Waals surface area contributed by atoms with Crippen molar-refractivity contribution in [1.29, 1.82) is 0 Å². The van der Waals surface area contributed by atoms with Gasteiger partial charge in [-0.25, -0.2) is 0 Å². The average Bonchev–Trinajstić information content (AvgIpc) is 3.00. The van der Waals surface area contributed by atoms with Crippen molar-refractivity contribution in [3.63, 3.8) is 0 Å². The van der Waals surface area contributed by atoms with Gasteiger partial charge in [-0.05, 0) is 74.2 Å². The van der Waals surface area contributed by atoms with Crippen LogP contribution in [0.3, 0.4) is 0 Å². The van der Waals surface area contributed by atoms with Crippen molar-refractivity contribution < 1.29 is 14.7 Å². The highest BCUT2D eigenvalue weighted by Gasteiger charge is 2.24. The minimum Gasteiger partial charge on any atom is -0.390 e. The summed E-state index contributed by atoms with van der Waals surface area (Å²) < 4.78 is 0. The third-order valence-electron chi connectivity index (χ3n) is 7.09. The number of rotatable bonds is 12. The van der Waals surface area contributed by atoms with Crippen LogP contribution in [0.1, 0.15) is 69.0 Å². The van der Waals surface area contributed by atoms with Crippen molar-refractivity contribution in [3.8, 4) is 0 Å². The van der Waals surface area contributed by atoms with E-state index in [1.165, 1.54) is 0 Å². The van der Waals surface area contributed by atoms with Crippen molar-refractivity contribution >= 4 is 11.8 Å². The van der Waals surface area contributed by atoms with E-state index in [9.17, 15) is 14.7 Å². The third kappa shape index (κ3) is 8.58. The van der Waals surface area contributed by atoms with E-state index in [-0.39, 0.29) is 23.9 Å². The highest BCUT2D eigenvalue weighted by molar-refractivity contribution is 6.00. The molecule has 0 aliphatic heterocycles. The van der Waals surface area contributed by atoms with Crippen molar-refractivity contribution in [2.45, 2.75) is 51.4 Å². The predicted octanol–water partition coefficient (Wildman–Crippen LogP) is 4.93. The molecule has 0 aliphatic rings. The lowest BCUT2D eigenvalue weighted by Crippen LogP contribution is -2.49. The summed E-state index contributed by atoms with van der Waals surface area (Å²) in [4.78, 5) is 30.9. The number of hydrogen-bond donors (Lipinski definition) is 4. The molecule has 7 nitrogen and oxygen atoms in total. The number of amides is 2. The minimum absolute atomic E-state index is 0.0326. The smallest absolute Gasteiger partial charge is 0.251 e. The lowest BCUT2D eigenvalue weighted by molar-refractivity contribution is 0.0825. The summed E-state index contributed by atoms with van der Waals surface area (Å²) in [6, 6.07) is 29.6. The van der Waals surface area contributed by atoms with Gasteiger partial charge in [0, 0.05) is 29.9 Å². The molecular weight excluding hydrogens is 512 g/mol. The number of aliphatic hydroxyl groups excluding tert-OH is 1. The second kappa shape index (κ2) is 14.3. The normalized spacial score (nSPS) is 14.0. The van der Waals surface area contributed by atoms with Gasteiger partial charge in [0.15, 0.2) is 0 Å². The molecule has 0 saturated carbocycles. The first-order chi connectivity index (χ1) is 19.8. The SMILES string of the molecule is Cc1cc(C(=O)NC(C)c2ccccn2)cc(C(=O)N[C@@H](Cc2ccccc2)[C@H](O)CN[C@@H](C)c2ccccc2)c1. The maximum atomic E-state index is 13.5. The number of carbonyl (C=O) groups is 2. The second-order valence-corrected chi connectivity index (χ2v) is 10.4. The summed E-state index contributed by atoms with van der Waals surface area (Å²) in [7, 11) is 0. The first kappa shape index (κ1) is 29.6. The molecule has 4 rings (SSSR count). The molecule has 3 aromatic carbocycles. The number of pyridine rings is 1. The molecule has 0 radical (unpaired) electrons. The third-order valence-corrected chi connectivity index (χ3v) is 7.09. The molecule has 41 heavy (non-hydrogen) atoms. The van der Waals surface area contributed by atoms with Gasteiger partial charge in [-0.1, -0.05) is 66.7 Å². The zero-order valence-electron chi connectivity index (χ0n) is 23.7. The molecule has 0 spiro atoms. The van der Waals surface area contributed by atoms with Crippen LogP contribution < -0.4 is 16.0 Å². The van der Waals surface area contributed by atoms with Crippen molar-refractivity contribution in [2.24, 2.45) is 0 Å². The summed E-state index contributed by atoms with van der Waals surface area (Å²) >= 11 is 0. The van der Waals surface area contributed by atoms with Gasteiger partial charge in [0.2, 0.25) is 0 Å².